The fraction of sp³-hybridized carbons (Fsp3) is 0.160. The Balaban J connectivity index is 1.36. The third-order valence-corrected chi connectivity index (χ3v) is 5.69. The van der Waals surface area contributed by atoms with Gasteiger partial charge in [-0.1, -0.05) is 24.3 Å². The lowest BCUT2D eigenvalue weighted by atomic mass is 10.2. The van der Waals surface area contributed by atoms with E-state index in [1.54, 1.807) is 54.6 Å². The molecule has 186 valence electrons. The molecule has 3 aromatic rings. The number of benzene rings is 3. The maximum Gasteiger partial charge on any atom is 0.269 e. The van der Waals surface area contributed by atoms with Gasteiger partial charge in [-0.15, -0.1) is 11.8 Å². The van der Waals surface area contributed by atoms with E-state index in [1.165, 1.54) is 37.2 Å². The molecule has 10 nitrogen and oxygen atoms in total. The number of hydrogen-bond acceptors (Lipinski definition) is 8. The van der Waals surface area contributed by atoms with Crippen LogP contribution in [0.15, 0.2) is 77.9 Å². The summed E-state index contributed by atoms with van der Waals surface area (Å²) in [5, 5.41) is 17.3. The van der Waals surface area contributed by atoms with E-state index >= 15 is 0 Å². The Kier molecular flexibility index (Phi) is 9.83. The van der Waals surface area contributed by atoms with E-state index < -0.39 is 4.92 Å². The van der Waals surface area contributed by atoms with Crippen LogP contribution in [0.3, 0.4) is 0 Å². The average molecular weight is 509 g/mol. The van der Waals surface area contributed by atoms with Gasteiger partial charge in [0.25, 0.3) is 11.6 Å². The topological polar surface area (TPSA) is 132 Å². The van der Waals surface area contributed by atoms with Gasteiger partial charge in [0, 0.05) is 17.9 Å². The summed E-state index contributed by atoms with van der Waals surface area (Å²) in [7, 11) is 1.53. The summed E-state index contributed by atoms with van der Waals surface area (Å²) in [6.07, 6.45) is 1.50. The van der Waals surface area contributed by atoms with Crippen LogP contribution in [0.25, 0.3) is 0 Å². The molecule has 0 saturated carbocycles. The molecule has 0 bridgehead atoms. The lowest BCUT2D eigenvalue weighted by molar-refractivity contribution is -0.384. The molecule has 3 rings (SSSR count). The maximum atomic E-state index is 12.1. The highest BCUT2D eigenvalue weighted by Gasteiger charge is 2.08. The molecule has 0 heterocycles. The van der Waals surface area contributed by atoms with E-state index in [0.717, 1.165) is 11.1 Å². The molecule has 0 fully saturated rings. The Bertz CT molecular complexity index is 1220. The molecule has 2 N–H and O–H groups in total. The number of nitrogens with one attached hydrogen (secondary N) is 2. The summed E-state index contributed by atoms with van der Waals surface area (Å²) in [6, 6.07) is 20.2. The first-order chi connectivity index (χ1) is 17.4. The van der Waals surface area contributed by atoms with Crippen molar-refractivity contribution in [3.8, 4) is 11.5 Å². The van der Waals surface area contributed by atoms with Crippen LogP contribution < -0.4 is 20.2 Å². The van der Waals surface area contributed by atoms with Gasteiger partial charge < -0.3 is 14.8 Å². The number of anilines is 1. The van der Waals surface area contributed by atoms with Gasteiger partial charge in [0.15, 0.2) is 6.61 Å². The number of para-hydroxylation sites is 2. The van der Waals surface area contributed by atoms with Crippen LogP contribution in [0.4, 0.5) is 11.4 Å². The summed E-state index contributed by atoms with van der Waals surface area (Å²) in [5.41, 5.74) is 4.68. The van der Waals surface area contributed by atoms with Gasteiger partial charge in [-0.05, 0) is 47.5 Å². The van der Waals surface area contributed by atoms with Crippen molar-refractivity contribution >= 4 is 41.2 Å². The minimum Gasteiger partial charge on any atom is -0.495 e. The molecule has 0 aromatic heterocycles. The van der Waals surface area contributed by atoms with E-state index in [1.807, 2.05) is 6.07 Å². The second kappa shape index (κ2) is 13.5. The summed E-state index contributed by atoms with van der Waals surface area (Å²) < 4.78 is 10.7. The molecule has 11 heteroatoms. The zero-order valence-corrected chi connectivity index (χ0v) is 20.2. The molecule has 0 aliphatic rings. The van der Waals surface area contributed by atoms with Gasteiger partial charge in [-0.3, -0.25) is 19.7 Å². The van der Waals surface area contributed by atoms with E-state index in [0.29, 0.717) is 22.9 Å². The van der Waals surface area contributed by atoms with Crippen molar-refractivity contribution in [2.24, 2.45) is 5.10 Å². The smallest absolute Gasteiger partial charge is 0.269 e. The molecule has 2 amide bonds. The summed E-state index contributed by atoms with van der Waals surface area (Å²) >= 11 is 1.38. The summed E-state index contributed by atoms with van der Waals surface area (Å²) in [6.45, 7) is -0.168. The Morgan fingerprint density at radius 1 is 1.03 bits per heavy atom. The standard InChI is InChI=1S/C25H24N4O6S/c1-34-23-5-3-2-4-22(23)27-24(30)15-35-21-12-8-18(9-13-21)14-26-28-25(31)17-36-16-19-6-10-20(11-7-19)29(32)33/h2-14H,15-17H2,1H3,(H,27,30)(H,28,31)/b26-14-. The van der Waals surface area contributed by atoms with Gasteiger partial charge in [-0.25, -0.2) is 5.43 Å². The minimum atomic E-state index is -0.452. The normalized spacial score (nSPS) is 10.6. The van der Waals surface area contributed by atoms with Crippen LogP contribution in [0.5, 0.6) is 11.5 Å². The SMILES string of the molecule is COc1ccccc1NC(=O)COc1ccc(/C=N\NC(=O)CSCc2ccc([N+](=O)[O-])cc2)cc1. The van der Waals surface area contributed by atoms with Crippen molar-refractivity contribution in [1.29, 1.82) is 0 Å². The molecule has 0 aliphatic heterocycles. The third kappa shape index (κ3) is 8.44. The lowest BCUT2D eigenvalue weighted by Crippen LogP contribution is -2.20. The van der Waals surface area contributed by atoms with Crippen molar-refractivity contribution in [2.75, 3.05) is 24.8 Å². The van der Waals surface area contributed by atoms with Gasteiger partial charge in [0.1, 0.15) is 11.5 Å². The van der Waals surface area contributed by atoms with Crippen LogP contribution in [-0.4, -0.2) is 42.4 Å². The number of methoxy groups -OCH3 is 1. The van der Waals surface area contributed by atoms with Gasteiger partial charge in [-0.2, -0.15) is 5.10 Å². The van der Waals surface area contributed by atoms with Crippen molar-refractivity contribution in [3.05, 3.63) is 94.0 Å². The third-order valence-electron chi connectivity index (χ3n) is 4.68. The molecule has 0 spiro atoms. The number of hydrogen-bond donors (Lipinski definition) is 2. The van der Waals surface area contributed by atoms with E-state index in [-0.39, 0.29) is 29.9 Å². The fourth-order valence-electron chi connectivity index (χ4n) is 2.92. The number of nitro groups is 1. The molecule has 0 aliphatic carbocycles. The average Bonchev–Trinajstić information content (AvgIpc) is 2.89. The highest BCUT2D eigenvalue weighted by atomic mass is 32.2. The van der Waals surface area contributed by atoms with Gasteiger partial charge in [0.05, 0.1) is 29.7 Å². The van der Waals surface area contributed by atoms with Crippen LogP contribution in [-0.2, 0) is 15.3 Å². The lowest BCUT2D eigenvalue weighted by Gasteiger charge is -2.10. The highest BCUT2D eigenvalue weighted by molar-refractivity contribution is 7.99. The monoisotopic (exact) mass is 508 g/mol. The molecule has 0 unspecified atom stereocenters. The largest absolute Gasteiger partial charge is 0.495 e. The van der Waals surface area contributed by atoms with Crippen molar-refractivity contribution in [2.45, 2.75) is 5.75 Å². The Hall–Kier alpha value is -4.38. The number of thioether (sulfide) groups is 1. The van der Waals surface area contributed by atoms with E-state index in [4.69, 9.17) is 9.47 Å². The molecule has 36 heavy (non-hydrogen) atoms. The number of ether oxygens (including phenoxy) is 2. The quantitative estimate of drug-likeness (QED) is 0.215. The number of nitro benzene ring substituents is 1. The Morgan fingerprint density at radius 3 is 2.44 bits per heavy atom. The highest BCUT2D eigenvalue weighted by Crippen LogP contribution is 2.23. The van der Waals surface area contributed by atoms with Crippen molar-refractivity contribution in [3.63, 3.8) is 0 Å². The van der Waals surface area contributed by atoms with E-state index in [2.05, 4.69) is 15.8 Å². The van der Waals surface area contributed by atoms with Gasteiger partial charge >= 0.3 is 0 Å². The number of carbonyl (C=O) groups excluding carboxylic acids is 2. The molecule has 3 aromatic carbocycles. The summed E-state index contributed by atoms with van der Waals surface area (Å²) in [5.74, 6) is 1.23. The minimum absolute atomic E-state index is 0.0324. The van der Waals surface area contributed by atoms with Crippen molar-refractivity contribution in [1.82, 2.24) is 5.43 Å². The zero-order valence-electron chi connectivity index (χ0n) is 19.4. The molecule has 0 saturated heterocycles. The van der Waals surface area contributed by atoms with Gasteiger partial charge in [0.2, 0.25) is 5.91 Å². The maximum absolute atomic E-state index is 12.1. The second-order valence-electron chi connectivity index (χ2n) is 7.32. The number of amides is 2. The fourth-order valence-corrected chi connectivity index (χ4v) is 3.70. The van der Waals surface area contributed by atoms with Crippen LogP contribution in [0.1, 0.15) is 11.1 Å². The predicted octanol–water partition coefficient (Wildman–Crippen LogP) is 4.00. The Morgan fingerprint density at radius 2 is 1.75 bits per heavy atom. The predicted molar refractivity (Wildman–Crippen MR) is 139 cm³/mol. The molecule has 0 atom stereocenters. The molecular formula is C25H24N4O6S. The number of carbonyl (C=O) groups is 2. The number of nitrogens with zero attached hydrogens (tertiary/aromatic N) is 2. The zero-order chi connectivity index (χ0) is 25.8. The second-order valence-corrected chi connectivity index (χ2v) is 8.30. The van der Waals surface area contributed by atoms with Crippen LogP contribution >= 0.6 is 11.8 Å². The van der Waals surface area contributed by atoms with Crippen molar-refractivity contribution < 1.29 is 24.0 Å². The first-order valence-electron chi connectivity index (χ1n) is 10.7. The Labute approximate surface area is 211 Å². The first-order valence-corrected chi connectivity index (χ1v) is 11.9. The van der Waals surface area contributed by atoms with Crippen LogP contribution in [0, 0.1) is 10.1 Å². The number of rotatable bonds is 12. The van der Waals surface area contributed by atoms with E-state index in [9.17, 15) is 19.7 Å². The molecule has 0 radical (unpaired) electrons. The number of hydrazone groups is 1. The van der Waals surface area contributed by atoms with Crippen LogP contribution in [0.2, 0.25) is 0 Å². The first kappa shape index (κ1) is 26.2. The molecular weight excluding hydrogens is 484 g/mol. The number of non-ortho nitro benzene ring substituents is 1. The summed E-state index contributed by atoms with van der Waals surface area (Å²) in [4.78, 5) is 34.3.